The molecule has 0 radical (unpaired) electrons. The van der Waals surface area contributed by atoms with Crippen LogP contribution in [0.5, 0.6) is 23.0 Å². The quantitative estimate of drug-likeness (QED) is 0.406. The second-order valence-electron chi connectivity index (χ2n) is 6.66. The Morgan fingerprint density at radius 1 is 0.935 bits per heavy atom. The van der Waals surface area contributed by atoms with Crippen LogP contribution in [0.1, 0.15) is 31.0 Å². The highest BCUT2D eigenvalue weighted by Gasteiger charge is 2.12. The van der Waals surface area contributed by atoms with Crippen molar-refractivity contribution in [3.8, 4) is 23.0 Å². The fourth-order valence-corrected chi connectivity index (χ4v) is 2.89. The number of hydrogen-bond acceptors (Lipinski definition) is 6. The number of ether oxygens (including phenoxy) is 5. The van der Waals surface area contributed by atoms with Crippen molar-refractivity contribution in [2.75, 3.05) is 41.2 Å². The molecular weight excluding hydrogens is 398 g/mol. The van der Waals surface area contributed by atoms with Gasteiger partial charge in [-0.3, -0.25) is 4.79 Å². The van der Waals surface area contributed by atoms with Crippen LogP contribution < -0.4 is 24.3 Å². The van der Waals surface area contributed by atoms with Gasteiger partial charge >= 0.3 is 0 Å². The van der Waals surface area contributed by atoms with E-state index in [4.69, 9.17) is 23.7 Å². The molecule has 0 spiro atoms. The minimum Gasteiger partial charge on any atom is -0.493 e. The zero-order valence-electron chi connectivity index (χ0n) is 18.8. The van der Waals surface area contributed by atoms with Crippen LogP contribution in [0.25, 0.3) is 6.08 Å². The molecule has 168 valence electrons. The molecule has 1 N–H and O–H groups in total. The van der Waals surface area contributed by atoms with E-state index in [-0.39, 0.29) is 11.9 Å². The van der Waals surface area contributed by atoms with Crippen LogP contribution in [-0.4, -0.2) is 47.1 Å². The number of benzene rings is 2. The molecular formula is C24H31NO6. The molecule has 0 aliphatic carbocycles. The smallest absolute Gasteiger partial charge is 0.244 e. The lowest BCUT2D eigenvalue weighted by atomic mass is 10.1. The molecule has 0 bridgehead atoms. The summed E-state index contributed by atoms with van der Waals surface area (Å²) in [6.45, 7) is 5.27. The van der Waals surface area contributed by atoms with E-state index in [1.807, 2.05) is 50.2 Å². The molecule has 0 aromatic heterocycles. The van der Waals surface area contributed by atoms with Crippen molar-refractivity contribution in [3.05, 3.63) is 53.6 Å². The van der Waals surface area contributed by atoms with Gasteiger partial charge in [-0.1, -0.05) is 12.1 Å². The molecule has 2 aromatic carbocycles. The highest BCUT2D eigenvalue weighted by Crippen LogP contribution is 2.30. The number of carbonyl (C=O) groups excluding carboxylic acids is 1. The molecule has 1 amide bonds. The maximum Gasteiger partial charge on any atom is 0.244 e. The van der Waals surface area contributed by atoms with E-state index in [1.54, 1.807) is 27.4 Å². The van der Waals surface area contributed by atoms with Crippen molar-refractivity contribution in [2.45, 2.75) is 19.9 Å². The number of amides is 1. The van der Waals surface area contributed by atoms with Crippen molar-refractivity contribution in [3.63, 3.8) is 0 Å². The maximum absolute atomic E-state index is 12.4. The first-order valence-electron chi connectivity index (χ1n) is 10.1. The predicted molar refractivity (Wildman–Crippen MR) is 120 cm³/mol. The first-order valence-corrected chi connectivity index (χ1v) is 10.1. The molecule has 0 heterocycles. The van der Waals surface area contributed by atoms with Crippen molar-refractivity contribution >= 4 is 12.0 Å². The van der Waals surface area contributed by atoms with Crippen molar-refractivity contribution < 1.29 is 28.5 Å². The first-order chi connectivity index (χ1) is 15.0. The van der Waals surface area contributed by atoms with E-state index in [2.05, 4.69) is 5.32 Å². The third-order valence-corrected chi connectivity index (χ3v) is 4.51. The number of methoxy groups -OCH3 is 3. The standard InChI is InChI=1S/C24H31NO6/c1-6-30-23-15-18(7-10-20(23)28-4)8-12-24(26)25-17(2)19-9-11-21(22(16-19)29-5)31-14-13-27-3/h7-12,15-17H,6,13-14H2,1-5H3,(H,25,26). The highest BCUT2D eigenvalue weighted by atomic mass is 16.5. The minimum absolute atomic E-state index is 0.208. The van der Waals surface area contributed by atoms with Crippen LogP contribution in [0.3, 0.4) is 0 Å². The molecule has 7 heteroatoms. The van der Waals surface area contributed by atoms with Gasteiger partial charge in [-0.2, -0.15) is 0 Å². The monoisotopic (exact) mass is 429 g/mol. The summed E-state index contributed by atoms with van der Waals surface area (Å²) in [7, 11) is 4.80. The molecule has 0 aliphatic rings. The largest absolute Gasteiger partial charge is 0.493 e. The van der Waals surface area contributed by atoms with Crippen LogP contribution >= 0.6 is 0 Å². The van der Waals surface area contributed by atoms with Gasteiger partial charge in [0, 0.05) is 13.2 Å². The van der Waals surface area contributed by atoms with E-state index in [0.717, 1.165) is 11.1 Å². The Balaban J connectivity index is 2.02. The first kappa shape index (κ1) is 24.1. The SMILES string of the molecule is CCOc1cc(C=CC(=O)NC(C)c2ccc(OCCOC)c(OC)c2)ccc1OC. The Morgan fingerprint density at radius 3 is 2.35 bits per heavy atom. The summed E-state index contributed by atoms with van der Waals surface area (Å²) in [6.07, 6.45) is 3.23. The van der Waals surface area contributed by atoms with Gasteiger partial charge in [-0.05, 0) is 55.3 Å². The van der Waals surface area contributed by atoms with Crippen molar-refractivity contribution in [2.24, 2.45) is 0 Å². The Labute approximate surface area is 183 Å². The van der Waals surface area contributed by atoms with E-state index in [9.17, 15) is 4.79 Å². The normalized spacial score (nSPS) is 11.8. The molecule has 7 nitrogen and oxygen atoms in total. The summed E-state index contributed by atoms with van der Waals surface area (Å²) in [5, 5.41) is 2.95. The zero-order chi connectivity index (χ0) is 22.6. The molecule has 1 atom stereocenters. The highest BCUT2D eigenvalue weighted by molar-refractivity contribution is 5.92. The third kappa shape index (κ3) is 7.22. The van der Waals surface area contributed by atoms with Gasteiger partial charge in [0.25, 0.3) is 0 Å². The Hall–Kier alpha value is -3.19. The van der Waals surface area contributed by atoms with Crippen LogP contribution in [0.2, 0.25) is 0 Å². The van der Waals surface area contributed by atoms with Gasteiger partial charge in [0.05, 0.1) is 33.5 Å². The van der Waals surface area contributed by atoms with Gasteiger partial charge in [0.2, 0.25) is 5.91 Å². The average Bonchev–Trinajstić information content (AvgIpc) is 2.78. The second kappa shape index (κ2) is 12.5. The van der Waals surface area contributed by atoms with Gasteiger partial charge < -0.3 is 29.0 Å². The summed E-state index contributed by atoms with van der Waals surface area (Å²) in [6, 6.07) is 10.9. The molecule has 0 saturated carbocycles. The van der Waals surface area contributed by atoms with Crippen LogP contribution in [0.4, 0.5) is 0 Å². The van der Waals surface area contributed by atoms with Gasteiger partial charge in [0.1, 0.15) is 6.61 Å². The lowest BCUT2D eigenvalue weighted by Crippen LogP contribution is -2.24. The van der Waals surface area contributed by atoms with Gasteiger partial charge in [-0.25, -0.2) is 0 Å². The molecule has 31 heavy (non-hydrogen) atoms. The molecule has 0 saturated heterocycles. The predicted octanol–water partition coefficient (Wildman–Crippen LogP) is 4.02. The number of hydrogen-bond donors (Lipinski definition) is 1. The number of carbonyl (C=O) groups is 1. The minimum atomic E-state index is -0.214. The van der Waals surface area contributed by atoms with E-state index >= 15 is 0 Å². The van der Waals surface area contributed by atoms with Crippen LogP contribution in [-0.2, 0) is 9.53 Å². The fourth-order valence-electron chi connectivity index (χ4n) is 2.89. The third-order valence-electron chi connectivity index (χ3n) is 4.51. The number of rotatable bonds is 12. The fraction of sp³-hybridized carbons (Fsp3) is 0.375. The Kier molecular flexibility index (Phi) is 9.71. The maximum atomic E-state index is 12.4. The Morgan fingerprint density at radius 2 is 1.68 bits per heavy atom. The lowest BCUT2D eigenvalue weighted by molar-refractivity contribution is -0.117. The lowest BCUT2D eigenvalue weighted by Gasteiger charge is -2.16. The van der Waals surface area contributed by atoms with E-state index in [0.29, 0.717) is 42.8 Å². The second-order valence-corrected chi connectivity index (χ2v) is 6.66. The summed E-state index contributed by atoms with van der Waals surface area (Å²) in [4.78, 5) is 12.4. The molecule has 2 aromatic rings. The number of nitrogens with one attached hydrogen (secondary N) is 1. The molecule has 2 rings (SSSR count). The summed E-state index contributed by atoms with van der Waals surface area (Å²) in [5.41, 5.74) is 1.74. The van der Waals surface area contributed by atoms with Gasteiger partial charge in [0.15, 0.2) is 23.0 Å². The summed E-state index contributed by atoms with van der Waals surface area (Å²) >= 11 is 0. The summed E-state index contributed by atoms with van der Waals surface area (Å²) in [5.74, 6) is 2.32. The van der Waals surface area contributed by atoms with Crippen molar-refractivity contribution in [1.82, 2.24) is 5.32 Å². The topological polar surface area (TPSA) is 75.3 Å². The average molecular weight is 430 g/mol. The Bertz CT molecular complexity index is 880. The molecule has 0 fully saturated rings. The summed E-state index contributed by atoms with van der Waals surface area (Å²) < 4.78 is 26.9. The van der Waals surface area contributed by atoms with E-state index < -0.39 is 0 Å². The van der Waals surface area contributed by atoms with E-state index in [1.165, 1.54) is 6.08 Å². The van der Waals surface area contributed by atoms with Crippen LogP contribution in [0.15, 0.2) is 42.5 Å². The van der Waals surface area contributed by atoms with Crippen molar-refractivity contribution in [1.29, 1.82) is 0 Å². The molecule has 1 unspecified atom stereocenters. The van der Waals surface area contributed by atoms with Crippen LogP contribution in [0, 0.1) is 0 Å². The molecule has 0 aliphatic heterocycles. The van der Waals surface area contributed by atoms with Gasteiger partial charge in [-0.15, -0.1) is 0 Å². The zero-order valence-corrected chi connectivity index (χ0v) is 18.8.